The minimum absolute atomic E-state index is 0.0717. The predicted molar refractivity (Wildman–Crippen MR) is 162 cm³/mol. The number of hydrogen-bond acceptors (Lipinski definition) is 5. The van der Waals surface area contributed by atoms with E-state index in [0.717, 1.165) is 5.56 Å². The van der Waals surface area contributed by atoms with Crippen molar-refractivity contribution in [3.05, 3.63) is 60.2 Å². The summed E-state index contributed by atoms with van der Waals surface area (Å²) < 4.78 is 52.1. The molecule has 0 amide bonds. The van der Waals surface area contributed by atoms with Gasteiger partial charge in [-0.2, -0.15) is 8.42 Å². The van der Waals surface area contributed by atoms with E-state index in [1.165, 1.54) is 30.5 Å². The van der Waals surface area contributed by atoms with Gasteiger partial charge < -0.3 is 14.1 Å². The number of pyridine rings is 1. The minimum atomic E-state index is -3.90. The lowest BCUT2D eigenvalue weighted by Crippen LogP contribution is -2.50. The molecule has 2 heterocycles. The monoisotopic (exact) mass is 586 g/mol. The van der Waals surface area contributed by atoms with Crippen molar-refractivity contribution in [2.24, 2.45) is 0 Å². The fourth-order valence-corrected chi connectivity index (χ4v) is 12.1. The summed E-state index contributed by atoms with van der Waals surface area (Å²) in [5.41, 5.74) is 2.37. The van der Waals surface area contributed by atoms with Gasteiger partial charge >= 0.3 is 10.2 Å². The van der Waals surface area contributed by atoms with Crippen LogP contribution >= 0.6 is 0 Å². The molecule has 0 unspecified atom stereocenters. The van der Waals surface area contributed by atoms with Crippen molar-refractivity contribution in [3.8, 4) is 11.6 Å². The second-order valence-corrected chi connectivity index (χ2v) is 18.5. The van der Waals surface area contributed by atoms with Gasteiger partial charge in [-0.1, -0.05) is 53.7 Å². The molecule has 2 aromatic carbocycles. The van der Waals surface area contributed by atoms with E-state index >= 15 is 0 Å². The fourth-order valence-electron chi connectivity index (χ4n) is 6.12. The number of nitrogens with one attached hydrogen (secondary N) is 1. The normalized spacial score (nSPS) is 12.8. The maximum Gasteiger partial charge on any atom is 0.301 e. The zero-order chi connectivity index (χ0) is 29.6. The van der Waals surface area contributed by atoms with Crippen LogP contribution in [0.15, 0.2) is 48.8 Å². The first-order chi connectivity index (χ1) is 18.8. The molecule has 0 fully saturated rings. The highest BCUT2D eigenvalue weighted by Gasteiger charge is 2.48. The fraction of sp³-hybridized carbons (Fsp3) is 0.414. The molecule has 0 bridgehead atoms. The van der Waals surface area contributed by atoms with E-state index in [4.69, 9.17) is 4.43 Å². The van der Waals surface area contributed by atoms with Crippen molar-refractivity contribution in [3.63, 3.8) is 0 Å². The van der Waals surface area contributed by atoms with Gasteiger partial charge in [0.25, 0.3) is 8.32 Å². The molecule has 40 heavy (non-hydrogen) atoms. The molecule has 2 N–H and O–H groups in total. The van der Waals surface area contributed by atoms with E-state index in [-0.39, 0.29) is 34.9 Å². The largest absolute Gasteiger partial charge is 0.541 e. The summed E-state index contributed by atoms with van der Waals surface area (Å²) in [6.07, 6.45) is 3.38. The lowest BCUT2D eigenvalue weighted by atomic mass is 10.1. The maximum absolute atomic E-state index is 13.6. The van der Waals surface area contributed by atoms with Crippen molar-refractivity contribution in [2.75, 3.05) is 18.4 Å². The molecule has 4 aromatic rings. The van der Waals surface area contributed by atoms with Crippen LogP contribution in [0.4, 0.5) is 10.1 Å². The van der Waals surface area contributed by atoms with Crippen molar-refractivity contribution in [2.45, 2.75) is 64.7 Å². The number of nitrogens with zero attached hydrogens (tertiary/aromatic N) is 3. The second-order valence-electron chi connectivity index (χ2n) is 11.2. The van der Waals surface area contributed by atoms with Crippen molar-refractivity contribution >= 4 is 45.9 Å². The first-order valence-corrected chi connectivity index (χ1v) is 17.1. The van der Waals surface area contributed by atoms with Crippen LogP contribution in [0.1, 0.15) is 47.1 Å². The molecule has 0 aliphatic rings. The summed E-state index contributed by atoms with van der Waals surface area (Å²) in [5.74, 6) is 0.0393. The van der Waals surface area contributed by atoms with Gasteiger partial charge in [-0.3, -0.25) is 9.29 Å². The Labute approximate surface area is 237 Å². The molecular formula is C29H39FN4O4SSi. The van der Waals surface area contributed by atoms with Gasteiger partial charge in [-0.15, -0.1) is 0 Å². The average Bonchev–Trinajstić information content (AvgIpc) is 3.22. The van der Waals surface area contributed by atoms with Crippen molar-refractivity contribution in [1.29, 1.82) is 0 Å². The SMILES string of the molecule is CNS(=O)(=O)N(C)c1c2cccnc2c(O[Si](C(C)C)(C(C)C)C(C)C)c2c(O)n(Cc3ccc(F)cc3)cc12. The molecule has 0 atom stereocenters. The van der Waals surface area contributed by atoms with Crippen LogP contribution < -0.4 is 13.5 Å². The van der Waals surface area contributed by atoms with Crippen LogP contribution in [0.2, 0.25) is 16.6 Å². The molecule has 0 aliphatic carbocycles. The lowest BCUT2D eigenvalue weighted by molar-refractivity contribution is 0.427. The van der Waals surface area contributed by atoms with Crippen molar-refractivity contribution < 1.29 is 22.3 Å². The highest BCUT2D eigenvalue weighted by Crippen LogP contribution is 2.51. The molecule has 216 valence electrons. The van der Waals surface area contributed by atoms with E-state index in [9.17, 15) is 17.9 Å². The molecule has 0 spiro atoms. The standard InChI is InChI=1S/C29H39FN4O4SSi/c1-18(2)40(19(3)4,20(5)6)38-28-25-24(17-34(29(25)35)16-21-11-13-22(30)14-12-21)27(33(8)39(36,37)31-7)23-10-9-15-32-26(23)28/h9-15,17-20,31,35H,16H2,1-8H3. The van der Waals surface area contributed by atoms with E-state index < -0.39 is 18.5 Å². The Morgan fingerprint density at radius 3 is 2.20 bits per heavy atom. The minimum Gasteiger partial charge on any atom is -0.541 e. The molecule has 0 saturated carbocycles. The number of benzene rings is 2. The summed E-state index contributed by atoms with van der Waals surface area (Å²) in [5, 5.41) is 13.2. The van der Waals surface area contributed by atoms with E-state index in [1.54, 1.807) is 35.2 Å². The third kappa shape index (κ3) is 4.95. The highest BCUT2D eigenvalue weighted by molar-refractivity contribution is 7.90. The Morgan fingerprint density at radius 1 is 1.05 bits per heavy atom. The van der Waals surface area contributed by atoms with Crippen LogP contribution in [0.3, 0.4) is 0 Å². The quantitative estimate of drug-likeness (QED) is 0.206. The average molecular weight is 587 g/mol. The summed E-state index contributed by atoms with van der Waals surface area (Å²) in [7, 11) is -3.61. The number of aromatic hydroxyl groups is 1. The van der Waals surface area contributed by atoms with Gasteiger partial charge in [0.15, 0.2) is 0 Å². The van der Waals surface area contributed by atoms with Gasteiger partial charge in [-0.25, -0.2) is 9.11 Å². The topological polar surface area (TPSA) is 96.7 Å². The Balaban J connectivity index is 2.13. The van der Waals surface area contributed by atoms with Crippen LogP contribution in [-0.2, 0) is 16.8 Å². The second kappa shape index (κ2) is 11.0. The molecular weight excluding hydrogens is 547 g/mol. The van der Waals surface area contributed by atoms with Crippen LogP contribution in [0.25, 0.3) is 21.7 Å². The maximum atomic E-state index is 13.6. The first-order valence-electron chi connectivity index (χ1n) is 13.5. The van der Waals surface area contributed by atoms with Gasteiger partial charge in [0.05, 0.1) is 17.6 Å². The molecule has 2 aromatic heterocycles. The predicted octanol–water partition coefficient (Wildman–Crippen LogP) is 6.54. The Bertz CT molecular complexity index is 1610. The number of anilines is 1. The zero-order valence-electron chi connectivity index (χ0n) is 24.4. The molecule has 0 radical (unpaired) electrons. The third-order valence-corrected chi connectivity index (χ3v) is 15.4. The third-order valence-electron chi connectivity index (χ3n) is 8.00. The number of halogens is 1. The Morgan fingerprint density at radius 2 is 1.65 bits per heavy atom. The molecule has 0 saturated heterocycles. The Kier molecular flexibility index (Phi) is 8.22. The van der Waals surface area contributed by atoms with Crippen LogP contribution in [0.5, 0.6) is 11.6 Å². The van der Waals surface area contributed by atoms with Gasteiger partial charge in [-0.05, 0) is 46.5 Å². The summed E-state index contributed by atoms with van der Waals surface area (Å²) in [4.78, 5) is 4.68. The molecule has 0 aliphatic heterocycles. The van der Waals surface area contributed by atoms with Gasteiger partial charge in [0, 0.05) is 37.3 Å². The molecule has 8 nitrogen and oxygen atoms in total. The number of aromatic nitrogens is 2. The summed E-state index contributed by atoms with van der Waals surface area (Å²) in [6.45, 7) is 13.3. The first kappa shape index (κ1) is 29.8. The van der Waals surface area contributed by atoms with Crippen molar-refractivity contribution in [1.82, 2.24) is 14.3 Å². The zero-order valence-corrected chi connectivity index (χ0v) is 26.2. The molecule has 4 rings (SSSR count). The molecule has 11 heteroatoms. The smallest absolute Gasteiger partial charge is 0.301 e. The number of rotatable bonds is 10. The van der Waals surface area contributed by atoms with E-state index in [0.29, 0.717) is 33.1 Å². The number of hydrogen-bond donors (Lipinski definition) is 2. The summed E-state index contributed by atoms with van der Waals surface area (Å²) >= 11 is 0. The van der Waals surface area contributed by atoms with E-state index in [2.05, 4.69) is 51.2 Å². The Hall–Kier alpha value is -3.15. The van der Waals surface area contributed by atoms with Gasteiger partial charge in [0.2, 0.25) is 5.88 Å². The van der Waals surface area contributed by atoms with Crippen LogP contribution in [0, 0.1) is 5.82 Å². The van der Waals surface area contributed by atoms with Crippen LogP contribution in [-0.4, -0.2) is 45.5 Å². The lowest BCUT2D eigenvalue weighted by Gasteiger charge is -2.42. The number of fused-ring (bicyclic) bond motifs is 2. The highest BCUT2D eigenvalue weighted by atomic mass is 32.2. The summed E-state index contributed by atoms with van der Waals surface area (Å²) in [6, 6.07) is 9.63. The van der Waals surface area contributed by atoms with Gasteiger partial charge in [0.1, 0.15) is 17.1 Å². The van der Waals surface area contributed by atoms with E-state index in [1.807, 2.05) is 6.07 Å².